The van der Waals surface area contributed by atoms with Gasteiger partial charge in [-0.2, -0.15) is 0 Å². The number of nitrogens with one attached hydrogen (secondary N) is 2. The number of nitrogens with zero attached hydrogens (tertiary/aromatic N) is 1. The lowest BCUT2D eigenvalue weighted by atomic mass is 9.95. The smallest absolute Gasteiger partial charge is 0.190 e. The van der Waals surface area contributed by atoms with Crippen molar-refractivity contribution in [1.29, 1.82) is 0 Å². The summed E-state index contributed by atoms with van der Waals surface area (Å²) in [6.07, 6.45) is 2.66. The zero-order valence-corrected chi connectivity index (χ0v) is 8.55. The predicted molar refractivity (Wildman–Crippen MR) is 56.9 cm³/mol. The van der Waals surface area contributed by atoms with Crippen LogP contribution in [0.25, 0.3) is 0 Å². The number of nitrogens with two attached hydrogens (primary N) is 1. The van der Waals surface area contributed by atoms with Crippen molar-refractivity contribution in [2.24, 2.45) is 5.73 Å². The summed E-state index contributed by atoms with van der Waals surface area (Å²) in [6.45, 7) is 7.21. The minimum Gasteiger partial charge on any atom is -0.624 e. The van der Waals surface area contributed by atoms with Crippen LogP contribution < -0.4 is 16.4 Å². The molecule has 0 spiro atoms. The fourth-order valence-corrected chi connectivity index (χ4v) is 1.28. The molecule has 5 nitrogen and oxygen atoms in total. The van der Waals surface area contributed by atoms with Crippen molar-refractivity contribution in [2.45, 2.75) is 18.9 Å². The van der Waals surface area contributed by atoms with Crippen LogP contribution in [0.15, 0.2) is 11.9 Å². The summed E-state index contributed by atoms with van der Waals surface area (Å²) >= 11 is 0. The van der Waals surface area contributed by atoms with Crippen molar-refractivity contribution in [3.05, 3.63) is 17.1 Å². The standard InChI is InChI=1S/C9H18N4O/c1-9(13(2)14)4-3-8(12-7-9)11-6-5-10/h3,11-12H,2,4-7,10H2,1H3. The third-order valence-corrected chi connectivity index (χ3v) is 2.47. The highest BCUT2D eigenvalue weighted by molar-refractivity contribution is 5.17. The average Bonchev–Trinajstić information content (AvgIpc) is 2.17. The molecule has 14 heavy (non-hydrogen) atoms. The molecule has 1 unspecified atom stereocenters. The average molecular weight is 198 g/mol. The van der Waals surface area contributed by atoms with Gasteiger partial charge < -0.3 is 21.6 Å². The minimum absolute atomic E-state index is 0.437. The molecule has 1 atom stereocenters. The summed E-state index contributed by atoms with van der Waals surface area (Å²) in [4.78, 5) is 0. The molecule has 1 heterocycles. The van der Waals surface area contributed by atoms with E-state index in [-0.39, 0.29) is 0 Å². The van der Waals surface area contributed by atoms with Crippen molar-refractivity contribution < 1.29 is 4.74 Å². The Kier molecular flexibility index (Phi) is 3.35. The molecular formula is C9H18N4O. The Morgan fingerprint density at radius 2 is 2.57 bits per heavy atom. The first-order valence-electron chi connectivity index (χ1n) is 4.74. The van der Waals surface area contributed by atoms with Gasteiger partial charge in [0.25, 0.3) is 0 Å². The molecule has 0 bridgehead atoms. The number of rotatable bonds is 4. The molecule has 0 aromatic heterocycles. The van der Waals surface area contributed by atoms with Crippen LogP contribution in [0.1, 0.15) is 13.3 Å². The quantitative estimate of drug-likeness (QED) is 0.242. The van der Waals surface area contributed by atoms with E-state index >= 15 is 0 Å². The number of hydroxylamine groups is 1. The molecule has 1 aliphatic rings. The Morgan fingerprint density at radius 3 is 3.00 bits per heavy atom. The molecule has 0 amide bonds. The van der Waals surface area contributed by atoms with Gasteiger partial charge in [-0.05, 0) is 6.08 Å². The third kappa shape index (κ3) is 2.38. The van der Waals surface area contributed by atoms with Gasteiger partial charge in [0.2, 0.25) is 0 Å². The minimum atomic E-state index is -0.437. The van der Waals surface area contributed by atoms with Gasteiger partial charge in [0.1, 0.15) is 6.72 Å². The Balaban J connectivity index is 2.50. The van der Waals surface area contributed by atoms with E-state index in [0.29, 0.717) is 19.5 Å². The van der Waals surface area contributed by atoms with Crippen LogP contribution in [-0.2, 0) is 0 Å². The Hall–Kier alpha value is -1.23. The summed E-state index contributed by atoms with van der Waals surface area (Å²) in [5.74, 6) is 0.953. The molecule has 0 radical (unpaired) electrons. The van der Waals surface area contributed by atoms with E-state index in [9.17, 15) is 5.21 Å². The van der Waals surface area contributed by atoms with Gasteiger partial charge >= 0.3 is 0 Å². The number of hydrogen-bond acceptors (Lipinski definition) is 4. The second-order valence-electron chi connectivity index (χ2n) is 3.77. The molecule has 0 aromatic carbocycles. The molecule has 1 aliphatic heterocycles. The van der Waals surface area contributed by atoms with Gasteiger partial charge in [-0.1, -0.05) is 0 Å². The van der Waals surface area contributed by atoms with Crippen LogP contribution in [0.2, 0.25) is 0 Å². The second kappa shape index (κ2) is 4.32. The van der Waals surface area contributed by atoms with Gasteiger partial charge in [0.15, 0.2) is 5.54 Å². The zero-order chi connectivity index (χ0) is 10.6. The molecule has 4 N–H and O–H groups in total. The summed E-state index contributed by atoms with van der Waals surface area (Å²) in [7, 11) is 0. The van der Waals surface area contributed by atoms with E-state index in [4.69, 9.17) is 5.73 Å². The van der Waals surface area contributed by atoms with Crippen LogP contribution in [0.5, 0.6) is 0 Å². The Bertz CT molecular complexity index is 251. The van der Waals surface area contributed by atoms with Gasteiger partial charge in [0.05, 0.1) is 12.4 Å². The van der Waals surface area contributed by atoms with Crippen molar-refractivity contribution >= 4 is 6.72 Å². The van der Waals surface area contributed by atoms with E-state index in [1.807, 2.05) is 13.0 Å². The van der Waals surface area contributed by atoms with Gasteiger partial charge in [-0.25, -0.2) is 4.74 Å². The summed E-state index contributed by atoms with van der Waals surface area (Å²) in [5.41, 5.74) is 4.92. The van der Waals surface area contributed by atoms with Gasteiger partial charge in [-0.15, -0.1) is 0 Å². The maximum absolute atomic E-state index is 11.1. The van der Waals surface area contributed by atoms with Crippen molar-refractivity contribution in [3.8, 4) is 0 Å². The second-order valence-corrected chi connectivity index (χ2v) is 3.77. The molecule has 0 fully saturated rings. The van der Waals surface area contributed by atoms with Crippen LogP contribution in [-0.4, -0.2) is 36.6 Å². The van der Waals surface area contributed by atoms with Crippen LogP contribution in [0, 0.1) is 5.21 Å². The normalized spacial score (nSPS) is 26.3. The molecule has 0 aromatic rings. The third-order valence-electron chi connectivity index (χ3n) is 2.47. The van der Waals surface area contributed by atoms with Crippen LogP contribution in [0.4, 0.5) is 0 Å². The van der Waals surface area contributed by atoms with Crippen molar-refractivity contribution in [2.75, 3.05) is 19.6 Å². The topological polar surface area (TPSA) is 76.2 Å². The maximum Gasteiger partial charge on any atom is 0.190 e. The first kappa shape index (κ1) is 10.8. The largest absolute Gasteiger partial charge is 0.624 e. The van der Waals surface area contributed by atoms with Crippen molar-refractivity contribution in [3.63, 3.8) is 0 Å². The highest BCUT2D eigenvalue weighted by Gasteiger charge is 2.33. The lowest BCUT2D eigenvalue weighted by Gasteiger charge is -2.31. The highest BCUT2D eigenvalue weighted by Crippen LogP contribution is 2.18. The maximum atomic E-state index is 11.1. The molecule has 80 valence electrons. The Morgan fingerprint density at radius 1 is 1.86 bits per heavy atom. The molecule has 0 saturated heterocycles. The highest BCUT2D eigenvalue weighted by atomic mass is 16.5. The lowest BCUT2D eigenvalue weighted by Crippen LogP contribution is -2.49. The fraction of sp³-hybridized carbons (Fsp3) is 0.667. The molecule has 1 rings (SSSR count). The zero-order valence-electron chi connectivity index (χ0n) is 8.55. The SMILES string of the molecule is C=[N+]([O-])C1(C)CC=C(NCCN)NC1. The first-order chi connectivity index (χ1) is 6.58. The van der Waals surface area contributed by atoms with E-state index < -0.39 is 5.54 Å². The van der Waals surface area contributed by atoms with Crippen LogP contribution in [0.3, 0.4) is 0 Å². The monoisotopic (exact) mass is 198 g/mol. The van der Waals surface area contributed by atoms with E-state index in [2.05, 4.69) is 17.4 Å². The van der Waals surface area contributed by atoms with E-state index in [1.54, 1.807) is 0 Å². The van der Waals surface area contributed by atoms with Crippen LogP contribution >= 0.6 is 0 Å². The van der Waals surface area contributed by atoms with Gasteiger partial charge in [0, 0.05) is 26.4 Å². The lowest BCUT2D eigenvalue weighted by molar-refractivity contribution is -0.535. The Labute approximate surface area is 84.3 Å². The molecule has 0 aliphatic carbocycles. The van der Waals surface area contributed by atoms with E-state index in [1.165, 1.54) is 0 Å². The van der Waals surface area contributed by atoms with Gasteiger partial charge in [-0.3, -0.25) is 0 Å². The summed E-state index contributed by atoms with van der Waals surface area (Å²) in [5, 5.41) is 17.4. The summed E-state index contributed by atoms with van der Waals surface area (Å²) < 4.78 is 0.760. The fourth-order valence-electron chi connectivity index (χ4n) is 1.28. The summed E-state index contributed by atoms with van der Waals surface area (Å²) in [6, 6.07) is 0. The van der Waals surface area contributed by atoms with Crippen molar-refractivity contribution in [1.82, 2.24) is 10.6 Å². The predicted octanol–water partition coefficient (Wildman–Crippen LogP) is -0.661. The molecule has 5 heteroatoms. The number of hydrogen-bond donors (Lipinski definition) is 3. The molecular weight excluding hydrogens is 180 g/mol. The first-order valence-corrected chi connectivity index (χ1v) is 4.74. The van der Waals surface area contributed by atoms with E-state index in [0.717, 1.165) is 17.1 Å². The molecule has 0 saturated carbocycles.